The number of hydrogen-bond donors (Lipinski definition) is 2. The number of benzene rings is 2. The van der Waals surface area contributed by atoms with E-state index < -0.39 is 5.66 Å². The van der Waals surface area contributed by atoms with Gasteiger partial charge in [-0.2, -0.15) is 0 Å². The third-order valence-corrected chi connectivity index (χ3v) is 6.04. The lowest BCUT2D eigenvalue weighted by atomic mass is 9.90. The minimum Gasteiger partial charge on any atom is -0.494 e. The van der Waals surface area contributed by atoms with Gasteiger partial charge in [0, 0.05) is 38.7 Å². The molecule has 2 aliphatic heterocycles. The fourth-order valence-corrected chi connectivity index (χ4v) is 4.26. The van der Waals surface area contributed by atoms with Gasteiger partial charge in [-0.25, -0.2) is 4.79 Å². The van der Waals surface area contributed by atoms with Crippen LogP contribution in [0.15, 0.2) is 42.5 Å². The summed E-state index contributed by atoms with van der Waals surface area (Å²) in [4.78, 5) is 29.4. The molecule has 1 spiro atoms. The molecule has 0 atom stereocenters. The number of amides is 3. The lowest BCUT2D eigenvalue weighted by molar-refractivity contribution is 0.0815. The maximum Gasteiger partial charge on any atom is 0.321 e. The van der Waals surface area contributed by atoms with Crippen molar-refractivity contribution in [2.75, 3.05) is 37.0 Å². The van der Waals surface area contributed by atoms with Crippen LogP contribution in [0.1, 0.15) is 35.7 Å². The zero-order valence-corrected chi connectivity index (χ0v) is 17.7. The monoisotopic (exact) mass is 408 g/mol. The summed E-state index contributed by atoms with van der Waals surface area (Å²) in [7, 11) is 2.02. The number of carbonyl (C=O) groups is 2. The highest BCUT2D eigenvalue weighted by Gasteiger charge is 2.44. The zero-order valence-electron chi connectivity index (χ0n) is 17.7. The summed E-state index contributed by atoms with van der Waals surface area (Å²) >= 11 is 0. The second-order valence-corrected chi connectivity index (χ2v) is 7.94. The number of likely N-dealkylation sites (tertiary alicyclic amines) is 1. The topological polar surface area (TPSA) is 73.9 Å². The van der Waals surface area contributed by atoms with Gasteiger partial charge in [0.2, 0.25) is 0 Å². The van der Waals surface area contributed by atoms with Crippen molar-refractivity contribution in [2.24, 2.45) is 0 Å². The number of anilines is 2. The molecule has 0 aliphatic carbocycles. The van der Waals surface area contributed by atoms with Gasteiger partial charge in [0.15, 0.2) is 0 Å². The van der Waals surface area contributed by atoms with Crippen LogP contribution in [0.3, 0.4) is 0 Å². The molecule has 2 aromatic carbocycles. The number of ether oxygens (including phenoxy) is 1. The van der Waals surface area contributed by atoms with Gasteiger partial charge >= 0.3 is 6.03 Å². The Hall–Kier alpha value is -3.22. The normalized spacial score (nSPS) is 17.4. The number of hydrogen-bond acceptors (Lipinski definition) is 4. The van der Waals surface area contributed by atoms with Crippen molar-refractivity contribution in [3.05, 3.63) is 53.6 Å². The van der Waals surface area contributed by atoms with Gasteiger partial charge in [-0.05, 0) is 50.2 Å². The molecule has 0 saturated carbocycles. The maximum absolute atomic E-state index is 12.7. The first kappa shape index (κ1) is 20.1. The zero-order chi connectivity index (χ0) is 21.3. The van der Waals surface area contributed by atoms with Crippen molar-refractivity contribution in [3.63, 3.8) is 0 Å². The molecular weight excluding hydrogens is 380 g/mol. The van der Waals surface area contributed by atoms with E-state index in [-0.39, 0.29) is 11.9 Å². The minimum absolute atomic E-state index is 0.0425. The van der Waals surface area contributed by atoms with E-state index in [4.69, 9.17) is 4.74 Å². The quantitative estimate of drug-likeness (QED) is 0.814. The lowest BCUT2D eigenvalue weighted by Gasteiger charge is -2.51. The number of urea groups is 1. The summed E-state index contributed by atoms with van der Waals surface area (Å²) in [6.07, 6.45) is 1.33. The molecule has 1 fully saturated rings. The van der Waals surface area contributed by atoms with Crippen LogP contribution in [0.25, 0.3) is 0 Å². The van der Waals surface area contributed by atoms with Crippen LogP contribution in [0.5, 0.6) is 5.75 Å². The molecule has 2 N–H and O–H groups in total. The van der Waals surface area contributed by atoms with Crippen molar-refractivity contribution in [1.82, 2.24) is 10.2 Å². The van der Waals surface area contributed by atoms with Crippen LogP contribution in [0, 0.1) is 6.92 Å². The number of nitrogens with one attached hydrogen (secondary N) is 2. The maximum atomic E-state index is 12.7. The van der Waals surface area contributed by atoms with Gasteiger partial charge < -0.3 is 25.2 Å². The molecule has 3 amide bonds. The minimum atomic E-state index is -0.463. The van der Waals surface area contributed by atoms with Crippen LogP contribution < -0.4 is 20.3 Å². The molecule has 2 aliphatic rings. The Morgan fingerprint density at radius 1 is 1.17 bits per heavy atom. The highest BCUT2D eigenvalue weighted by Crippen LogP contribution is 2.36. The van der Waals surface area contributed by atoms with E-state index in [0.717, 1.165) is 22.7 Å². The molecule has 0 aromatic heterocycles. The Morgan fingerprint density at radius 2 is 1.87 bits per heavy atom. The summed E-state index contributed by atoms with van der Waals surface area (Å²) in [6.45, 7) is 5.66. The standard InChI is InChI=1S/C23H28N4O3/c1-4-30-18-8-6-17(7-9-18)24-22(29)27-13-11-23(12-14-27)25-21(28)19-15-16(2)5-10-20(19)26(23)3/h5-10,15H,4,11-14H2,1-3H3,(H,24,29)(H,25,28). The van der Waals surface area contributed by atoms with Crippen LogP contribution in [-0.2, 0) is 0 Å². The molecular formula is C23H28N4O3. The van der Waals surface area contributed by atoms with Crippen LogP contribution in [-0.4, -0.2) is 49.2 Å². The molecule has 2 aromatic rings. The lowest BCUT2D eigenvalue weighted by Crippen LogP contribution is -2.67. The fraction of sp³-hybridized carbons (Fsp3) is 0.391. The van der Waals surface area contributed by atoms with E-state index in [1.807, 2.05) is 63.4 Å². The van der Waals surface area contributed by atoms with E-state index >= 15 is 0 Å². The Bertz CT molecular complexity index is 949. The molecule has 7 nitrogen and oxygen atoms in total. The number of rotatable bonds is 3. The summed E-state index contributed by atoms with van der Waals surface area (Å²) in [5.74, 6) is 0.737. The van der Waals surface area contributed by atoms with E-state index in [2.05, 4.69) is 15.5 Å². The molecule has 7 heteroatoms. The summed E-state index contributed by atoms with van der Waals surface area (Å²) < 4.78 is 5.43. The smallest absolute Gasteiger partial charge is 0.321 e. The molecule has 0 bridgehead atoms. The molecule has 1 saturated heterocycles. The van der Waals surface area contributed by atoms with E-state index in [1.165, 1.54) is 0 Å². The summed E-state index contributed by atoms with van der Waals surface area (Å²) in [6, 6.07) is 13.2. The number of fused-ring (bicyclic) bond motifs is 1. The summed E-state index contributed by atoms with van der Waals surface area (Å²) in [5, 5.41) is 6.15. The van der Waals surface area contributed by atoms with Crippen molar-refractivity contribution in [1.29, 1.82) is 0 Å². The van der Waals surface area contributed by atoms with Crippen LogP contribution in [0.2, 0.25) is 0 Å². The molecule has 0 radical (unpaired) electrons. The largest absolute Gasteiger partial charge is 0.494 e. The van der Waals surface area contributed by atoms with E-state index in [9.17, 15) is 9.59 Å². The first-order valence-electron chi connectivity index (χ1n) is 10.4. The predicted molar refractivity (Wildman–Crippen MR) is 117 cm³/mol. The van der Waals surface area contributed by atoms with Crippen LogP contribution >= 0.6 is 0 Å². The van der Waals surface area contributed by atoms with Gasteiger partial charge in [-0.3, -0.25) is 4.79 Å². The van der Waals surface area contributed by atoms with Crippen LogP contribution in [0.4, 0.5) is 16.2 Å². The Labute approximate surface area is 177 Å². The van der Waals surface area contributed by atoms with Crippen molar-refractivity contribution < 1.29 is 14.3 Å². The molecule has 2 heterocycles. The Kier molecular flexibility index (Phi) is 5.28. The predicted octanol–water partition coefficient (Wildman–Crippen LogP) is 3.60. The average Bonchev–Trinajstić information content (AvgIpc) is 2.74. The Balaban J connectivity index is 1.41. The third-order valence-electron chi connectivity index (χ3n) is 6.04. The van der Waals surface area contributed by atoms with E-state index in [0.29, 0.717) is 38.1 Å². The molecule has 158 valence electrons. The SMILES string of the molecule is CCOc1ccc(NC(=O)N2CCC3(CC2)NC(=O)c2cc(C)ccc2N3C)cc1. The second kappa shape index (κ2) is 7.89. The molecule has 0 unspecified atom stereocenters. The number of nitrogens with zero attached hydrogens (tertiary/aromatic N) is 2. The highest BCUT2D eigenvalue weighted by molar-refractivity contribution is 6.02. The van der Waals surface area contributed by atoms with Gasteiger partial charge in [-0.15, -0.1) is 0 Å². The highest BCUT2D eigenvalue weighted by atomic mass is 16.5. The van der Waals surface area contributed by atoms with Gasteiger partial charge in [0.1, 0.15) is 11.4 Å². The van der Waals surface area contributed by atoms with Crippen molar-refractivity contribution in [3.8, 4) is 5.75 Å². The number of piperidine rings is 1. The second-order valence-electron chi connectivity index (χ2n) is 7.94. The third kappa shape index (κ3) is 3.67. The van der Waals surface area contributed by atoms with Gasteiger partial charge in [-0.1, -0.05) is 11.6 Å². The Morgan fingerprint density at radius 3 is 2.53 bits per heavy atom. The van der Waals surface area contributed by atoms with E-state index in [1.54, 1.807) is 4.90 Å². The number of aryl methyl sites for hydroxylation is 1. The summed E-state index contributed by atoms with van der Waals surface area (Å²) in [5.41, 5.74) is 2.98. The fourth-order valence-electron chi connectivity index (χ4n) is 4.26. The molecule has 30 heavy (non-hydrogen) atoms. The van der Waals surface area contributed by atoms with Gasteiger partial charge in [0.25, 0.3) is 5.91 Å². The number of carbonyl (C=O) groups excluding carboxylic acids is 2. The average molecular weight is 409 g/mol. The first-order chi connectivity index (χ1) is 14.4. The van der Waals surface area contributed by atoms with Gasteiger partial charge in [0.05, 0.1) is 17.9 Å². The van der Waals surface area contributed by atoms with Crippen molar-refractivity contribution >= 4 is 23.3 Å². The molecule has 4 rings (SSSR count). The van der Waals surface area contributed by atoms with Crippen molar-refractivity contribution in [2.45, 2.75) is 32.4 Å². The first-order valence-corrected chi connectivity index (χ1v) is 10.4.